The monoisotopic (exact) mass is 400 g/mol. The molecule has 0 fully saturated rings. The Hall–Kier alpha value is -4.22. The summed E-state index contributed by atoms with van der Waals surface area (Å²) in [6, 6.07) is 7.94. The van der Waals surface area contributed by atoms with Gasteiger partial charge in [-0.15, -0.1) is 5.10 Å². The van der Waals surface area contributed by atoms with Crippen molar-refractivity contribution < 1.29 is 28.9 Å². The molecule has 1 amide bonds. The van der Waals surface area contributed by atoms with E-state index in [1.54, 1.807) is 18.2 Å². The Labute approximate surface area is 162 Å². The second-order valence-electron chi connectivity index (χ2n) is 6.10. The highest BCUT2D eigenvalue weighted by Gasteiger charge is 2.35. The number of nitro benzene ring substituents is 2. The summed E-state index contributed by atoms with van der Waals surface area (Å²) < 4.78 is 16.3. The highest BCUT2D eigenvalue weighted by atomic mass is 16.7. The maximum absolute atomic E-state index is 12.1. The number of hydrazone groups is 1. The highest BCUT2D eigenvalue weighted by Crippen LogP contribution is 2.38. The molecule has 4 rings (SSSR count). The quantitative estimate of drug-likeness (QED) is 0.562. The minimum Gasteiger partial charge on any atom is -0.454 e. The first-order valence-corrected chi connectivity index (χ1v) is 8.22. The van der Waals surface area contributed by atoms with Crippen molar-refractivity contribution in [3.63, 3.8) is 0 Å². The van der Waals surface area contributed by atoms with Crippen molar-refractivity contribution in [2.24, 2.45) is 5.10 Å². The average molecular weight is 400 g/mol. The Bertz CT molecular complexity index is 1050. The largest absolute Gasteiger partial charge is 0.454 e. The minimum absolute atomic E-state index is 0.000364. The number of benzene rings is 2. The van der Waals surface area contributed by atoms with Crippen LogP contribution in [0.5, 0.6) is 11.5 Å². The van der Waals surface area contributed by atoms with Gasteiger partial charge in [-0.25, -0.2) is 0 Å². The van der Waals surface area contributed by atoms with Gasteiger partial charge in [-0.1, -0.05) is 0 Å². The Morgan fingerprint density at radius 1 is 1.07 bits per heavy atom. The number of carbonyl (C=O) groups is 1. The summed E-state index contributed by atoms with van der Waals surface area (Å²) in [6.07, 6.45) is -0.977. The van der Waals surface area contributed by atoms with Gasteiger partial charge in [-0.3, -0.25) is 25.0 Å². The lowest BCUT2D eigenvalue weighted by Gasteiger charge is -2.19. The van der Waals surface area contributed by atoms with E-state index in [9.17, 15) is 25.0 Å². The molecule has 2 heterocycles. The van der Waals surface area contributed by atoms with E-state index >= 15 is 0 Å². The normalized spacial score (nSPS) is 16.9. The maximum Gasteiger partial charge on any atom is 0.277 e. The third-order valence-electron chi connectivity index (χ3n) is 4.22. The molecule has 0 saturated carbocycles. The summed E-state index contributed by atoms with van der Waals surface area (Å²) >= 11 is 0. The van der Waals surface area contributed by atoms with Gasteiger partial charge in [0.1, 0.15) is 0 Å². The third-order valence-corrected chi connectivity index (χ3v) is 4.22. The van der Waals surface area contributed by atoms with Crippen molar-refractivity contribution in [2.75, 3.05) is 6.79 Å². The number of fused-ring (bicyclic) bond motifs is 1. The standard InChI is InChI=1S/C17H12N4O8/c1-9(22)19-17(10-2-3-14-15(6-10)28-8-27-14)29-16(18-19)11-4-12(20(23)24)7-13(5-11)21(25)26/h2-7,17H,8H2,1H3/t17-/m0/s1. The maximum atomic E-state index is 12.1. The molecule has 0 unspecified atom stereocenters. The third kappa shape index (κ3) is 3.26. The summed E-state index contributed by atoms with van der Waals surface area (Å²) in [4.78, 5) is 32.8. The van der Waals surface area contributed by atoms with Gasteiger partial charge in [0.05, 0.1) is 21.5 Å². The molecule has 2 aromatic rings. The fraction of sp³-hybridized carbons (Fsp3) is 0.176. The molecule has 0 N–H and O–H groups in total. The van der Waals surface area contributed by atoms with Gasteiger partial charge in [0.2, 0.25) is 24.8 Å². The molecule has 0 bridgehead atoms. The van der Waals surface area contributed by atoms with Crippen molar-refractivity contribution in [3.05, 3.63) is 67.8 Å². The molecule has 1 atom stereocenters. The Balaban J connectivity index is 1.73. The van der Waals surface area contributed by atoms with Crippen LogP contribution in [0.4, 0.5) is 11.4 Å². The van der Waals surface area contributed by atoms with E-state index in [1.807, 2.05) is 0 Å². The number of hydrogen-bond acceptors (Lipinski definition) is 9. The number of ether oxygens (including phenoxy) is 3. The van der Waals surface area contributed by atoms with Gasteiger partial charge in [-0.05, 0) is 18.2 Å². The fourth-order valence-electron chi connectivity index (χ4n) is 2.90. The lowest BCUT2D eigenvalue weighted by atomic mass is 10.1. The van der Waals surface area contributed by atoms with E-state index in [1.165, 1.54) is 6.92 Å². The molecule has 0 saturated heterocycles. The van der Waals surface area contributed by atoms with Crippen molar-refractivity contribution in [3.8, 4) is 11.5 Å². The van der Waals surface area contributed by atoms with Crippen LogP contribution in [0.1, 0.15) is 24.3 Å². The van der Waals surface area contributed by atoms with E-state index < -0.39 is 33.4 Å². The first kappa shape index (κ1) is 18.2. The predicted molar refractivity (Wildman–Crippen MR) is 95.2 cm³/mol. The molecular weight excluding hydrogens is 388 g/mol. The van der Waals surface area contributed by atoms with Gasteiger partial charge in [0, 0.05) is 24.6 Å². The number of nitro groups is 2. The number of non-ortho nitro benzene ring substituents is 2. The van der Waals surface area contributed by atoms with Gasteiger partial charge in [0.15, 0.2) is 11.5 Å². The van der Waals surface area contributed by atoms with Crippen LogP contribution in [0.2, 0.25) is 0 Å². The van der Waals surface area contributed by atoms with Crippen LogP contribution in [0, 0.1) is 20.2 Å². The first-order chi connectivity index (χ1) is 13.8. The van der Waals surface area contributed by atoms with E-state index in [-0.39, 0.29) is 18.3 Å². The zero-order chi connectivity index (χ0) is 20.7. The number of carbonyl (C=O) groups excluding carboxylic acids is 1. The summed E-state index contributed by atoms with van der Waals surface area (Å²) in [5.74, 6) is 0.392. The Morgan fingerprint density at radius 2 is 1.72 bits per heavy atom. The lowest BCUT2D eigenvalue weighted by molar-refractivity contribution is -0.394. The summed E-state index contributed by atoms with van der Waals surface area (Å²) in [7, 11) is 0. The zero-order valence-electron chi connectivity index (χ0n) is 14.8. The Kier molecular flexibility index (Phi) is 4.22. The molecular formula is C17H12N4O8. The minimum atomic E-state index is -0.977. The van der Waals surface area contributed by atoms with Crippen LogP contribution >= 0.6 is 0 Å². The molecule has 0 radical (unpaired) electrons. The van der Waals surface area contributed by atoms with Crippen LogP contribution in [0.3, 0.4) is 0 Å². The van der Waals surface area contributed by atoms with Crippen molar-refractivity contribution >= 4 is 23.2 Å². The van der Waals surface area contributed by atoms with Gasteiger partial charge >= 0.3 is 0 Å². The molecule has 148 valence electrons. The van der Waals surface area contributed by atoms with Gasteiger partial charge < -0.3 is 14.2 Å². The summed E-state index contributed by atoms with van der Waals surface area (Å²) in [5, 5.41) is 27.4. The molecule has 2 aliphatic rings. The second-order valence-corrected chi connectivity index (χ2v) is 6.10. The lowest BCUT2D eigenvalue weighted by Crippen LogP contribution is -2.25. The molecule has 2 aliphatic heterocycles. The number of rotatable bonds is 4. The average Bonchev–Trinajstić information content (AvgIpc) is 3.34. The van der Waals surface area contributed by atoms with E-state index in [0.717, 1.165) is 23.2 Å². The fourth-order valence-corrected chi connectivity index (χ4v) is 2.90. The molecule has 12 nitrogen and oxygen atoms in total. The summed E-state index contributed by atoms with van der Waals surface area (Å²) in [5.41, 5.74) is -0.480. The molecule has 12 heteroatoms. The van der Waals surface area contributed by atoms with Gasteiger partial charge in [-0.2, -0.15) is 5.01 Å². The van der Waals surface area contributed by atoms with E-state index in [4.69, 9.17) is 14.2 Å². The van der Waals surface area contributed by atoms with Crippen LogP contribution in [0.15, 0.2) is 41.5 Å². The van der Waals surface area contributed by atoms with Crippen molar-refractivity contribution in [1.29, 1.82) is 0 Å². The van der Waals surface area contributed by atoms with E-state index in [0.29, 0.717) is 17.1 Å². The molecule has 2 aromatic carbocycles. The molecule has 0 spiro atoms. The molecule has 29 heavy (non-hydrogen) atoms. The topological polar surface area (TPSA) is 147 Å². The molecule has 0 aromatic heterocycles. The number of nitrogens with zero attached hydrogens (tertiary/aromatic N) is 4. The predicted octanol–water partition coefficient (Wildman–Crippen LogP) is 2.47. The molecule has 0 aliphatic carbocycles. The van der Waals surface area contributed by atoms with Crippen molar-refractivity contribution in [1.82, 2.24) is 5.01 Å². The summed E-state index contributed by atoms with van der Waals surface area (Å²) in [6.45, 7) is 1.34. The smallest absolute Gasteiger partial charge is 0.277 e. The zero-order valence-corrected chi connectivity index (χ0v) is 14.8. The number of hydrogen-bond donors (Lipinski definition) is 0. The van der Waals surface area contributed by atoms with Crippen LogP contribution in [-0.4, -0.2) is 33.5 Å². The SMILES string of the molecule is CC(=O)N1N=C(c2cc([N+](=O)[O-])cc([N+](=O)[O-])c2)O[C@H]1c1ccc2c(c1)OCO2. The van der Waals surface area contributed by atoms with Gasteiger partial charge in [0.25, 0.3) is 11.4 Å². The number of amides is 1. The van der Waals surface area contributed by atoms with E-state index in [2.05, 4.69) is 5.10 Å². The Morgan fingerprint density at radius 3 is 2.34 bits per heavy atom. The highest BCUT2D eigenvalue weighted by molar-refractivity contribution is 5.97. The first-order valence-electron chi connectivity index (χ1n) is 8.22. The second kappa shape index (κ2) is 6.74. The van der Waals surface area contributed by atoms with Crippen LogP contribution in [0.25, 0.3) is 0 Å². The van der Waals surface area contributed by atoms with Crippen LogP contribution < -0.4 is 9.47 Å². The van der Waals surface area contributed by atoms with Crippen LogP contribution in [-0.2, 0) is 9.53 Å². The van der Waals surface area contributed by atoms with Crippen molar-refractivity contribution in [2.45, 2.75) is 13.2 Å².